The first-order valence-electron chi connectivity index (χ1n) is 6.51. The maximum Gasteiger partial charge on any atom is 0.137 e. The number of rotatable bonds is 2. The topological polar surface area (TPSA) is 3.24 Å². The van der Waals surface area contributed by atoms with Crippen molar-refractivity contribution >= 4 is 21.6 Å². The van der Waals surface area contributed by atoms with E-state index >= 15 is 0 Å². The average Bonchev–Trinajstić information content (AvgIpc) is 2.43. The quantitative estimate of drug-likeness (QED) is 0.785. The van der Waals surface area contributed by atoms with E-state index in [0.717, 1.165) is 25.1 Å². The molecule has 0 atom stereocenters. The Hall–Kier alpha value is -1.35. The standard InChI is InChI=1S/C16H15BrFN/c17-14-10-12(7-8-15(14)18)11-19-9-3-5-13-4-1-2-6-16(13)19/h1-2,4,6-8,10H,3,5,9,11H2. The van der Waals surface area contributed by atoms with Gasteiger partial charge in [-0.15, -0.1) is 0 Å². The highest BCUT2D eigenvalue weighted by atomic mass is 79.9. The van der Waals surface area contributed by atoms with Crippen molar-refractivity contribution < 1.29 is 4.39 Å². The highest BCUT2D eigenvalue weighted by molar-refractivity contribution is 9.10. The summed E-state index contributed by atoms with van der Waals surface area (Å²) in [6, 6.07) is 13.8. The highest BCUT2D eigenvalue weighted by Gasteiger charge is 2.16. The van der Waals surface area contributed by atoms with E-state index in [0.29, 0.717) is 4.47 Å². The summed E-state index contributed by atoms with van der Waals surface area (Å²) in [5, 5.41) is 0. The lowest BCUT2D eigenvalue weighted by Gasteiger charge is -2.31. The maximum atomic E-state index is 13.3. The van der Waals surface area contributed by atoms with E-state index in [1.165, 1.54) is 23.7 Å². The van der Waals surface area contributed by atoms with E-state index in [1.807, 2.05) is 12.1 Å². The second kappa shape index (κ2) is 5.33. The van der Waals surface area contributed by atoms with Gasteiger partial charge < -0.3 is 4.90 Å². The molecule has 3 heteroatoms. The number of hydrogen-bond donors (Lipinski definition) is 0. The van der Waals surface area contributed by atoms with Crippen molar-refractivity contribution in [1.29, 1.82) is 0 Å². The first-order valence-corrected chi connectivity index (χ1v) is 7.30. The summed E-state index contributed by atoms with van der Waals surface area (Å²) >= 11 is 3.25. The first kappa shape index (κ1) is 12.7. The summed E-state index contributed by atoms with van der Waals surface area (Å²) in [4.78, 5) is 2.37. The molecule has 3 rings (SSSR count). The van der Waals surface area contributed by atoms with E-state index < -0.39 is 0 Å². The molecule has 0 bridgehead atoms. The smallest absolute Gasteiger partial charge is 0.137 e. The van der Waals surface area contributed by atoms with Crippen LogP contribution in [0.25, 0.3) is 0 Å². The molecule has 0 unspecified atom stereocenters. The number of benzene rings is 2. The van der Waals surface area contributed by atoms with E-state index in [2.05, 4.69) is 45.1 Å². The van der Waals surface area contributed by atoms with Crippen LogP contribution in [0.4, 0.5) is 10.1 Å². The zero-order valence-corrected chi connectivity index (χ0v) is 12.2. The summed E-state index contributed by atoms with van der Waals surface area (Å²) in [6.45, 7) is 1.89. The van der Waals surface area contributed by atoms with E-state index in [-0.39, 0.29) is 5.82 Å². The third-order valence-corrected chi connectivity index (χ3v) is 4.17. The Morgan fingerprint density at radius 1 is 1.16 bits per heavy atom. The Bertz CT molecular complexity index is 597. The molecule has 0 saturated heterocycles. The van der Waals surface area contributed by atoms with Gasteiger partial charge in [0.1, 0.15) is 5.82 Å². The third kappa shape index (κ3) is 2.66. The van der Waals surface area contributed by atoms with Crippen molar-refractivity contribution in [2.75, 3.05) is 11.4 Å². The molecule has 0 spiro atoms. The minimum atomic E-state index is -0.206. The maximum absolute atomic E-state index is 13.3. The van der Waals surface area contributed by atoms with Gasteiger partial charge >= 0.3 is 0 Å². The Labute approximate surface area is 121 Å². The monoisotopic (exact) mass is 319 g/mol. The van der Waals surface area contributed by atoms with Crippen LogP contribution in [0.3, 0.4) is 0 Å². The van der Waals surface area contributed by atoms with Gasteiger partial charge in [0.25, 0.3) is 0 Å². The van der Waals surface area contributed by atoms with Gasteiger partial charge in [-0.05, 0) is 58.1 Å². The van der Waals surface area contributed by atoms with Crippen molar-refractivity contribution in [2.45, 2.75) is 19.4 Å². The Kier molecular flexibility index (Phi) is 3.56. The number of halogens is 2. The van der Waals surface area contributed by atoms with Crippen LogP contribution in [0.5, 0.6) is 0 Å². The lowest BCUT2D eigenvalue weighted by Crippen LogP contribution is -2.28. The molecule has 0 N–H and O–H groups in total. The zero-order valence-electron chi connectivity index (χ0n) is 10.6. The molecule has 0 fully saturated rings. The minimum absolute atomic E-state index is 0.206. The Morgan fingerprint density at radius 3 is 2.84 bits per heavy atom. The van der Waals surface area contributed by atoms with Crippen LogP contribution in [0.1, 0.15) is 17.5 Å². The summed E-state index contributed by atoms with van der Waals surface area (Å²) in [5.41, 5.74) is 3.86. The first-order chi connectivity index (χ1) is 9.24. The van der Waals surface area contributed by atoms with Crippen LogP contribution in [-0.2, 0) is 13.0 Å². The molecule has 1 heterocycles. The fourth-order valence-electron chi connectivity index (χ4n) is 2.63. The second-order valence-electron chi connectivity index (χ2n) is 4.90. The SMILES string of the molecule is Fc1ccc(CN2CCCc3ccccc32)cc1Br. The van der Waals surface area contributed by atoms with Gasteiger partial charge in [-0.2, -0.15) is 0 Å². The number of nitrogens with zero attached hydrogens (tertiary/aromatic N) is 1. The lowest BCUT2D eigenvalue weighted by atomic mass is 10.0. The molecule has 1 aliphatic heterocycles. The van der Waals surface area contributed by atoms with E-state index in [1.54, 1.807) is 0 Å². The zero-order chi connectivity index (χ0) is 13.2. The van der Waals surface area contributed by atoms with Crippen molar-refractivity contribution in [1.82, 2.24) is 0 Å². The summed E-state index contributed by atoms with van der Waals surface area (Å²) in [6.07, 6.45) is 2.33. The number of hydrogen-bond acceptors (Lipinski definition) is 1. The molecular weight excluding hydrogens is 305 g/mol. The predicted octanol–water partition coefficient (Wildman–Crippen LogP) is 4.54. The molecule has 2 aromatic carbocycles. The van der Waals surface area contributed by atoms with Crippen LogP contribution >= 0.6 is 15.9 Å². The number of para-hydroxylation sites is 1. The molecule has 1 aliphatic rings. The van der Waals surface area contributed by atoms with Gasteiger partial charge in [-0.1, -0.05) is 24.3 Å². The van der Waals surface area contributed by atoms with Gasteiger partial charge in [-0.25, -0.2) is 4.39 Å². The van der Waals surface area contributed by atoms with Crippen LogP contribution in [0.2, 0.25) is 0 Å². The van der Waals surface area contributed by atoms with Crippen LogP contribution in [0, 0.1) is 5.82 Å². The highest BCUT2D eigenvalue weighted by Crippen LogP contribution is 2.28. The number of anilines is 1. The van der Waals surface area contributed by atoms with Gasteiger partial charge in [-0.3, -0.25) is 0 Å². The summed E-state index contributed by atoms with van der Waals surface area (Å²) < 4.78 is 13.8. The fraction of sp³-hybridized carbons (Fsp3) is 0.250. The Morgan fingerprint density at radius 2 is 2.00 bits per heavy atom. The van der Waals surface area contributed by atoms with Crippen molar-refractivity contribution in [2.24, 2.45) is 0 Å². The van der Waals surface area contributed by atoms with Gasteiger partial charge in [0.15, 0.2) is 0 Å². The molecule has 0 saturated carbocycles. The molecule has 0 aliphatic carbocycles. The van der Waals surface area contributed by atoms with E-state index in [9.17, 15) is 4.39 Å². The minimum Gasteiger partial charge on any atom is -0.367 e. The molecule has 2 aromatic rings. The molecule has 0 radical (unpaired) electrons. The van der Waals surface area contributed by atoms with Crippen LogP contribution < -0.4 is 4.90 Å². The van der Waals surface area contributed by atoms with Crippen molar-refractivity contribution in [3.8, 4) is 0 Å². The van der Waals surface area contributed by atoms with Crippen molar-refractivity contribution in [3.05, 3.63) is 63.9 Å². The lowest BCUT2D eigenvalue weighted by molar-refractivity contribution is 0.619. The summed E-state index contributed by atoms with van der Waals surface area (Å²) in [7, 11) is 0. The fourth-order valence-corrected chi connectivity index (χ4v) is 3.06. The van der Waals surface area contributed by atoms with Crippen LogP contribution in [-0.4, -0.2) is 6.54 Å². The third-order valence-electron chi connectivity index (χ3n) is 3.56. The number of fused-ring (bicyclic) bond motifs is 1. The van der Waals surface area contributed by atoms with Gasteiger partial charge in [0.2, 0.25) is 0 Å². The predicted molar refractivity (Wildman–Crippen MR) is 79.9 cm³/mol. The second-order valence-corrected chi connectivity index (χ2v) is 5.76. The molecule has 0 amide bonds. The average molecular weight is 320 g/mol. The molecule has 0 aromatic heterocycles. The molecule has 98 valence electrons. The number of aryl methyl sites for hydroxylation is 1. The largest absolute Gasteiger partial charge is 0.367 e. The van der Waals surface area contributed by atoms with Crippen molar-refractivity contribution in [3.63, 3.8) is 0 Å². The molecular formula is C16H15BrFN. The van der Waals surface area contributed by atoms with Crippen LogP contribution in [0.15, 0.2) is 46.9 Å². The normalized spacial score (nSPS) is 14.3. The molecule has 1 nitrogen and oxygen atoms in total. The van der Waals surface area contributed by atoms with E-state index in [4.69, 9.17) is 0 Å². The summed E-state index contributed by atoms with van der Waals surface area (Å²) in [5.74, 6) is -0.206. The van der Waals surface area contributed by atoms with Gasteiger partial charge in [0.05, 0.1) is 4.47 Å². The molecule has 19 heavy (non-hydrogen) atoms. The Balaban J connectivity index is 1.86. The van der Waals surface area contributed by atoms with Gasteiger partial charge in [0, 0.05) is 18.8 Å².